The van der Waals surface area contributed by atoms with Crippen LogP contribution in [0.3, 0.4) is 0 Å². The monoisotopic (exact) mass is 276 g/mol. The molecule has 0 aliphatic carbocycles. The summed E-state index contributed by atoms with van der Waals surface area (Å²) in [4.78, 5) is 0. The van der Waals surface area contributed by atoms with E-state index in [0.717, 1.165) is 24.1 Å². The third-order valence-corrected chi connectivity index (χ3v) is 3.00. The van der Waals surface area contributed by atoms with Crippen molar-refractivity contribution in [2.24, 2.45) is 21.7 Å². The fourth-order valence-electron chi connectivity index (χ4n) is 1.92. The number of nitrogens with zero attached hydrogens (tertiary/aromatic N) is 2. The summed E-state index contributed by atoms with van der Waals surface area (Å²) in [6, 6.07) is 6.92. The molecule has 5 heteroatoms. The zero-order valence-electron chi connectivity index (χ0n) is 12.0. The molecule has 1 rings (SSSR count). The topological polar surface area (TPSA) is 97.0 Å². The van der Waals surface area contributed by atoms with Gasteiger partial charge in [0, 0.05) is 0 Å². The smallest absolute Gasteiger partial charge is 0.211 e. The molecule has 0 saturated carbocycles. The fourth-order valence-corrected chi connectivity index (χ4v) is 1.92. The SMILES string of the molecule is CCCCCCCC(=NN=C(N)N)c1ccc(O)cc1. The van der Waals surface area contributed by atoms with Gasteiger partial charge in [-0.3, -0.25) is 0 Å². The van der Waals surface area contributed by atoms with E-state index in [2.05, 4.69) is 17.1 Å². The highest BCUT2D eigenvalue weighted by atomic mass is 16.3. The Morgan fingerprint density at radius 2 is 1.65 bits per heavy atom. The van der Waals surface area contributed by atoms with Gasteiger partial charge in [0.15, 0.2) is 0 Å². The second-order valence-electron chi connectivity index (χ2n) is 4.78. The molecule has 0 heterocycles. The van der Waals surface area contributed by atoms with Crippen LogP contribution in [0.25, 0.3) is 0 Å². The average molecular weight is 276 g/mol. The third-order valence-electron chi connectivity index (χ3n) is 3.00. The van der Waals surface area contributed by atoms with Crippen LogP contribution in [0.1, 0.15) is 51.0 Å². The molecule has 0 aromatic heterocycles. The summed E-state index contributed by atoms with van der Waals surface area (Å²) in [5.74, 6) is 0.185. The summed E-state index contributed by atoms with van der Waals surface area (Å²) in [6.07, 6.45) is 6.78. The Hall–Kier alpha value is -2.04. The largest absolute Gasteiger partial charge is 0.508 e. The lowest BCUT2D eigenvalue weighted by atomic mass is 10.0. The first-order valence-electron chi connectivity index (χ1n) is 7.08. The summed E-state index contributed by atoms with van der Waals surface area (Å²) in [5.41, 5.74) is 12.4. The predicted molar refractivity (Wildman–Crippen MR) is 83.8 cm³/mol. The van der Waals surface area contributed by atoms with Crippen molar-refractivity contribution >= 4 is 11.7 Å². The van der Waals surface area contributed by atoms with E-state index in [1.54, 1.807) is 12.1 Å². The summed E-state index contributed by atoms with van der Waals surface area (Å²) < 4.78 is 0. The standard InChI is InChI=1S/C15H24N4O/c1-2-3-4-5-6-7-14(18-19-15(16)17)12-8-10-13(20)11-9-12/h8-11,20H,2-7H2,1H3,(H4,16,17,19). The van der Waals surface area contributed by atoms with Gasteiger partial charge in [-0.1, -0.05) is 32.6 Å². The van der Waals surface area contributed by atoms with Crippen molar-refractivity contribution < 1.29 is 5.11 Å². The van der Waals surface area contributed by atoms with E-state index in [4.69, 9.17) is 11.5 Å². The Morgan fingerprint density at radius 1 is 1.00 bits per heavy atom. The van der Waals surface area contributed by atoms with Gasteiger partial charge in [-0.15, -0.1) is 5.10 Å². The minimum atomic E-state index is -0.0488. The van der Waals surface area contributed by atoms with Crippen molar-refractivity contribution in [3.8, 4) is 5.75 Å². The van der Waals surface area contributed by atoms with Gasteiger partial charge in [-0.25, -0.2) is 0 Å². The molecule has 110 valence electrons. The third kappa shape index (κ3) is 6.22. The van der Waals surface area contributed by atoms with Crippen molar-refractivity contribution in [3.63, 3.8) is 0 Å². The molecule has 0 aliphatic heterocycles. The molecule has 1 aromatic carbocycles. The van der Waals surface area contributed by atoms with Gasteiger partial charge in [-0.05, 0) is 42.7 Å². The van der Waals surface area contributed by atoms with Crippen molar-refractivity contribution in [1.29, 1.82) is 0 Å². The second-order valence-corrected chi connectivity index (χ2v) is 4.78. The molecule has 0 saturated heterocycles. The van der Waals surface area contributed by atoms with Gasteiger partial charge in [0.1, 0.15) is 5.75 Å². The number of unbranched alkanes of at least 4 members (excludes halogenated alkanes) is 4. The van der Waals surface area contributed by atoms with Crippen LogP contribution < -0.4 is 11.5 Å². The van der Waals surface area contributed by atoms with E-state index in [9.17, 15) is 5.11 Å². The molecule has 5 N–H and O–H groups in total. The molecule has 0 aliphatic rings. The van der Waals surface area contributed by atoms with Crippen LogP contribution in [-0.2, 0) is 0 Å². The van der Waals surface area contributed by atoms with Gasteiger partial charge in [0.05, 0.1) is 5.71 Å². The Morgan fingerprint density at radius 3 is 2.25 bits per heavy atom. The first kappa shape index (κ1) is 16.0. The number of benzene rings is 1. The van der Waals surface area contributed by atoms with Crippen molar-refractivity contribution in [1.82, 2.24) is 0 Å². The van der Waals surface area contributed by atoms with E-state index in [1.807, 2.05) is 12.1 Å². The molecule has 0 amide bonds. The van der Waals surface area contributed by atoms with Crippen LogP contribution in [0.4, 0.5) is 0 Å². The molecule has 0 spiro atoms. The summed E-state index contributed by atoms with van der Waals surface area (Å²) in [6.45, 7) is 2.20. The lowest BCUT2D eigenvalue weighted by Gasteiger charge is -2.06. The summed E-state index contributed by atoms with van der Waals surface area (Å²) in [5, 5.41) is 17.2. The maximum atomic E-state index is 9.32. The minimum Gasteiger partial charge on any atom is -0.508 e. The number of aromatic hydroxyl groups is 1. The molecule has 0 unspecified atom stereocenters. The first-order chi connectivity index (χ1) is 9.63. The van der Waals surface area contributed by atoms with Crippen LogP contribution in [-0.4, -0.2) is 16.8 Å². The maximum absolute atomic E-state index is 9.32. The fraction of sp³-hybridized carbons (Fsp3) is 0.467. The normalized spacial score (nSPS) is 11.3. The molecule has 0 fully saturated rings. The highest BCUT2D eigenvalue weighted by Gasteiger charge is 2.04. The van der Waals surface area contributed by atoms with Crippen LogP contribution in [0.15, 0.2) is 34.5 Å². The highest BCUT2D eigenvalue weighted by molar-refractivity contribution is 6.00. The van der Waals surface area contributed by atoms with Gasteiger partial charge in [0.2, 0.25) is 5.96 Å². The van der Waals surface area contributed by atoms with Gasteiger partial charge < -0.3 is 16.6 Å². The number of hydrogen-bond donors (Lipinski definition) is 3. The second kappa shape index (κ2) is 8.96. The zero-order chi connectivity index (χ0) is 14.8. The molecule has 0 radical (unpaired) electrons. The van der Waals surface area contributed by atoms with Crippen LogP contribution in [0.2, 0.25) is 0 Å². The number of guanidine groups is 1. The minimum absolute atomic E-state index is 0.0488. The van der Waals surface area contributed by atoms with Crippen molar-refractivity contribution in [2.45, 2.75) is 45.4 Å². The summed E-state index contributed by atoms with van der Waals surface area (Å²) >= 11 is 0. The maximum Gasteiger partial charge on any atom is 0.211 e. The van der Waals surface area contributed by atoms with E-state index in [-0.39, 0.29) is 11.7 Å². The zero-order valence-corrected chi connectivity index (χ0v) is 12.0. The molecule has 5 nitrogen and oxygen atoms in total. The number of nitrogens with two attached hydrogens (primary N) is 2. The van der Waals surface area contributed by atoms with Crippen LogP contribution in [0, 0.1) is 0 Å². The Labute approximate surface area is 120 Å². The Bertz CT molecular complexity index is 447. The number of phenols is 1. The number of phenolic OH excluding ortho intramolecular Hbond substituents is 1. The van der Waals surface area contributed by atoms with E-state index in [1.165, 1.54) is 25.7 Å². The van der Waals surface area contributed by atoms with Gasteiger partial charge >= 0.3 is 0 Å². The predicted octanol–water partition coefficient (Wildman–Crippen LogP) is 2.73. The quantitative estimate of drug-likeness (QED) is 0.295. The average Bonchev–Trinajstić information content (AvgIpc) is 2.43. The molecule has 20 heavy (non-hydrogen) atoms. The van der Waals surface area contributed by atoms with Crippen molar-refractivity contribution in [3.05, 3.63) is 29.8 Å². The number of hydrogen-bond acceptors (Lipinski definition) is 3. The molecule has 0 bridgehead atoms. The van der Waals surface area contributed by atoms with E-state index >= 15 is 0 Å². The highest BCUT2D eigenvalue weighted by Crippen LogP contribution is 2.15. The van der Waals surface area contributed by atoms with Crippen LogP contribution >= 0.6 is 0 Å². The lowest BCUT2D eigenvalue weighted by molar-refractivity contribution is 0.475. The Balaban J connectivity index is 2.68. The molecule has 0 atom stereocenters. The van der Waals surface area contributed by atoms with E-state index in [0.29, 0.717) is 0 Å². The first-order valence-corrected chi connectivity index (χ1v) is 7.08. The lowest BCUT2D eigenvalue weighted by Crippen LogP contribution is -2.22. The van der Waals surface area contributed by atoms with Gasteiger partial charge in [0.25, 0.3) is 0 Å². The number of rotatable bonds is 8. The molecular weight excluding hydrogens is 252 g/mol. The van der Waals surface area contributed by atoms with Crippen molar-refractivity contribution in [2.75, 3.05) is 0 Å². The van der Waals surface area contributed by atoms with Crippen LogP contribution in [0.5, 0.6) is 5.75 Å². The Kier molecular flexibility index (Phi) is 7.17. The van der Waals surface area contributed by atoms with E-state index < -0.39 is 0 Å². The molecular formula is C15H24N4O. The summed E-state index contributed by atoms with van der Waals surface area (Å²) in [7, 11) is 0. The molecule has 1 aromatic rings. The van der Waals surface area contributed by atoms with Gasteiger partial charge in [-0.2, -0.15) is 5.10 Å².